The molecule has 8 nitrogen and oxygen atoms in total. The van der Waals surface area contributed by atoms with Gasteiger partial charge in [0.05, 0.1) is 28.1 Å². The zero-order valence-electron chi connectivity index (χ0n) is 17.6. The van der Waals surface area contributed by atoms with Crippen LogP contribution in [0.15, 0.2) is 59.9 Å². The van der Waals surface area contributed by atoms with Crippen molar-refractivity contribution in [1.82, 2.24) is 14.9 Å². The number of benzene rings is 2. The lowest BCUT2D eigenvalue weighted by atomic mass is 10.1. The Bertz CT molecular complexity index is 1380. The number of rotatable bonds is 6. The van der Waals surface area contributed by atoms with Gasteiger partial charge in [0.1, 0.15) is 18.2 Å². The van der Waals surface area contributed by atoms with Crippen LogP contribution in [0.2, 0.25) is 0 Å². The fourth-order valence-electron chi connectivity index (χ4n) is 3.79. The summed E-state index contributed by atoms with van der Waals surface area (Å²) in [5.41, 5.74) is 1.09. The Hall–Kier alpha value is -3.46. The minimum Gasteiger partial charge on any atom is -0.490 e. The smallest absolute Gasteiger partial charge is 0.266 e. The lowest BCUT2D eigenvalue weighted by Crippen LogP contribution is -2.35. The number of aryl methyl sites for hydroxylation is 1. The number of aromatic nitrogens is 2. The highest BCUT2D eigenvalue weighted by atomic mass is 32.2. The molecule has 0 saturated carbocycles. The zero-order valence-corrected chi connectivity index (χ0v) is 18.4. The molecule has 0 aliphatic carbocycles. The second-order valence-electron chi connectivity index (χ2n) is 7.70. The molecule has 2 heterocycles. The lowest BCUT2D eigenvalue weighted by molar-refractivity contribution is 0.0941. The summed E-state index contributed by atoms with van der Waals surface area (Å²) in [6.07, 6.45) is 2.02. The molecule has 1 aliphatic rings. The van der Waals surface area contributed by atoms with Crippen LogP contribution in [-0.2, 0) is 9.84 Å². The van der Waals surface area contributed by atoms with E-state index < -0.39 is 15.9 Å². The van der Waals surface area contributed by atoms with Crippen molar-refractivity contribution < 1.29 is 17.9 Å². The topological polar surface area (TPSA) is 107 Å². The molecule has 2 aromatic carbocycles. The van der Waals surface area contributed by atoms with Crippen molar-refractivity contribution in [2.75, 3.05) is 18.1 Å². The van der Waals surface area contributed by atoms with Crippen molar-refractivity contribution in [3.63, 3.8) is 0 Å². The van der Waals surface area contributed by atoms with Crippen LogP contribution in [0.4, 0.5) is 0 Å². The fourth-order valence-corrected chi connectivity index (χ4v) is 5.46. The molecule has 0 bridgehead atoms. The highest BCUT2D eigenvalue weighted by Gasteiger charge is 2.29. The normalized spacial score (nSPS) is 17.2. The van der Waals surface area contributed by atoms with Crippen LogP contribution in [0.25, 0.3) is 16.6 Å². The first-order valence-electron chi connectivity index (χ1n) is 10.2. The maximum Gasteiger partial charge on any atom is 0.266 e. The molecule has 1 saturated heterocycles. The molecule has 32 heavy (non-hydrogen) atoms. The van der Waals surface area contributed by atoms with Gasteiger partial charge in [-0.2, -0.15) is 0 Å². The first-order chi connectivity index (χ1) is 15.3. The van der Waals surface area contributed by atoms with Gasteiger partial charge in [0, 0.05) is 11.6 Å². The van der Waals surface area contributed by atoms with Crippen molar-refractivity contribution in [2.45, 2.75) is 19.4 Å². The number of nitrogens with one attached hydrogen (secondary N) is 1. The third-order valence-electron chi connectivity index (χ3n) is 5.31. The largest absolute Gasteiger partial charge is 0.490 e. The van der Waals surface area contributed by atoms with E-state index in [2.05, 4.69) is 16.9 Å². The van der Waals surface area contributed by atoms with Crippen molar-refractivity contribution in [1.29, 1.82) is 0 Å². The van der Waals surface area contributed by atoms with E-state index in [0.717, 1.165) is 0 Å². The van der Waals surface area contributed by atoms with Crippen LogP contribution in [-0.4, -0.2) is 48.0 Å². The van der Waals surface area contributed by atoms with Crippen LogP contribution < -0.4 is 15.6 Å². The van der Waals surface area contributed by atoms with Crippen molar-refractivity contribution >= 4 is 26.6 Å². The maximum absolute atomic E-state index is 13.3. The summed E-state index contributed by atoms with van der Waals surface area (Å²) in [5, 5.41) is 3.16. The standard InChI is InChI=1S/C23H23N3O5S/c1-3-10-31-19-7-8-21-20(13-19)23(28)26(15(2)24-21)18-6-4-5-16(12-18)22(27)25-17-9-11-32(29,30)14-17/h3-8,12-13,17H,1,9-11,14H2,2H3,(H,25,27). The molecule has 1 atom stereocenters. The van der Waals surface area contributed by atoms with E-state index in [1.807, 2.05) is 0 Å². The molecule has 4 rings (SSSR count). The lowest BCUT2D eigenvalue weighted by Gasteiger charge is -2.14. The molecule has 0 radical (unpaired) electrons. The number of carbonyl (C=O) groups excluding carboxylic acids is 1. The van der Waals surface area contributed by atoms with Crippen molar-refractivity contribution in [3.05, 3.63) is 76.9 Å². The molecule has 1 unspecified atom stereocenters. The highest BCUT2D eigenvalue weighted by Crippen LogP contribution is 2.20. The minimum absolute atomic E-state index is 0.0537. The van der Waals surface area contributed by atoms with Gasteiger partial charge in [-0.05, 0) is 49.7 Å². The van der Waals surface area contributed by atoms with Crippen LogP contribution in [0, 0.1) is 6.92 Å². The maximum atomic E-state index is 13.3. The van der Waals surface area contributed by atoms with Crippen LogP contribution in [0.1, 0.15) is 22.6 Å². The van der Waals surface area contributed by atoms with Gasteiger partial charge in [-0.15, -0.1) is 0 Å². The fraction of sp³-hybridized carbons (Fsp3) is 0.261. The highest BCUT2D eigenvalue weighted by molar-refractivity contribution is 7.91. The van der Waals surface area contributed by atoms with Gasteiger partial charge in [0.25, 0.3) is 11.5 Å². The van der Waals surface area contributed by atoms with E-state index in [0.29, 0.717) is 46.8 Å². The van der Waals surface area contributed by atoms with Crippen LogP contribution in [0.5, 0.6) is 5.75 Å². The predicted molar refractivity (Wildman–Crippen MR) is 122 cm³/mol. The second kappa shape index (κ2) is 8.58. The van der Waals surface area contributed by atoms with Gasteiger partial charge in [-0.3, -0.25) is 14.2 Å². The number of hydrogen-bond donors (Lipinski definition) is 1. The Morgan fingerprint density at radius 1 is 1.31 bits per heavy atom. The second-order valence-corrected chi connectivity index (χ2v) is 9.93. The average molecular weight is 454 g/mol. The third-order valence-corrected chi connectivity index (χ3v) is 7.08. The van der Waals surface area contributed by atoms with Crippen LogP contribution in [0.3, 0.4) is 0 Å². The first kappa shape index (κ1) is 21.8. The van der Waals surface area contributed by atoms with Gasteiger partial charge in [-0.1, -0.05) is 18.7 Å². The summed E-state index contributed by atoms with van der Waals surface area (Å²) >= 11 is 0. The number of fused-ring (bicyclic) bond motifs is 1. The van der Waals surface area contributed by atoms with Crippen LogP contribution >= 0.6 is 0 Å². The number of amides is 1. The van der Waals surface area contributed by atoms with E-state index in [1.54, 1.807) is 55.5 Å². The van der Waals surface area contributed by atoms with Gasteiger partial charge < -0.3 is 10.1 Å². The zero-order chi connectivity index (χ0) is 22.9. The molecule has 1 aromatic heterocycles. The van der Waals surface area contributed by atoms with E-state index in [9.17, 15) is 18.0 Å². The molecule has 1 amide bonds. The summed E-state index contributed by atoms with van der Waals surface area (Å²) in [4.78, 5) is 30.5. The summed E-state index contributed by atoms with van der Waals surface area (Å²) in [6, 6.07) is 11.3. The van der Waals surface area contributed by atoms with Crippen molar-refractivity contribution in [2.24, 2.45) is 0 Å². The Morgan fingerprint density at radius 3 is 2.84 bits per heavy atom. The van der Waals surface area contributed by atoms with E-state index in [4.69, 9.17) is 4.74 Å². The van der Waals surface area contributed by atoms with Gasteiger partial charge in [0.15, 0.2) is 9.84 Å². The van der Waals surface area contributed by atoms with Gasteiger partial charge in [0.2, 0.25) is 0 Å². The van der Waals surface area contributed by atoms with E-state index in [-0.39, 0.29) is 23.0 Å². The molecule has 1 aliphatic heterocycles. The monoisotopic (exact) mass is 453 g/mol. The quantitative estimate of drug-likeness (QED) is 0.573. The van der Waals surface area contributed by atoms with E-state index >= 15 is 0 Å². The number of hydrogen-bond acceptors (Lipinski definition) is 6. The Kier molecular flexibility index (Phi) is 5.84. The number of nitrogens with zero attached hydrogens (tertiary/aromatic N) is 2. The van der Waals surface area contributed by atoms with Gasteiger partial charge >= 0.3 is 0 Å². The Morgan fingerprint density at radius 2 is 2.12 bits per heavy atom. The van der Waals surface area contributed by atoms with Gasteiger partial charge in [-0.25, -0.2) is 13.4 Å². The van der Waals surface area contributed by atoms with E-state index in [1.165, 1.54) is 4.57 Å². The molecular weight excluding hydrogens is 430 g/mol. The molecule has 9 heteroatoms. The molecule has 166 valence electrons. The molecule has 3 aromatic rings. The average Bonchev–Trinajstić information content (AvgIpc) is 3.10. The Balaban J connectivity index is 1.68. The first-order valence-corrected chi connectivity index (χ1v) is 12.0. The predicted octanol–water partition coefficient (Wildman–Crippen LogP) is 2.18. The molecule has 1 fully saturated rings. The summed E-state index contributed by atoms with van der Waals surface area (Å²) in [6.45, 7) is 5.66. The van der Waals surface area contributed by atoms with Crippen molar-refractivity contribution in [3.8, 4) is 11.4 Å². The minimum atomic E-state index is -3.10. The number of ether oxygens (including phenoxy) is 1. The molecule has 0 spiro atoms. The third kappa shape index (κ3) is 4.43. The number of carbonyl (C=O) groups is 1. The summed E-state index contributed by atoms with van der Waals surface area (Å²) in [5.74, 6) is 0.650. The number of sulfone groups is 1. The summed E-state index contributed by atoms with van der Waals surface area (Å²) < 4.78 is 30.3. The molecule has 1 N–H and O–H groups in total. The SMILES string of the molecule is C=CCOc1ccc2nc(C)n(-c3cccc(C(=O)NC4CCS(=O)(=O)C4)c3)c(=O)c2c1. The summed E-state index contributed by atoms with van der Waals surface area (Å²) in [7, 11) is -3.10. The molecular formula is C23H23N3O5S. The Labute approximate surface area is 185 Å².